The summed E-state index contributed by atoms with van der Waals surface area (Å²) in [6.07, 6.45) is 1.98. The van der Waals surface area contributed by atoms with E-state index in [-0.39, 0.29) is 6.61 Å². The van der Waals surface area contributed by atoms with Gasteiger partial charge in [0.15, 0.2) is 0 Å². The summed E-state index contributed by atoms with van der Waals surface area (Å²) in [6, 6.07) is 6.15. The molecule has 0 aliphatic carbocycles. The molecule has 0 heterocycles. The van der Waals surface area contributed by atoms with Gasteiger partial charge in [-0.3, -0.25) is 0 Å². The van der Waals surface area contributed by atoms with Gasteiger partial charge in [-0.15, -0.1) is 0 Å². The van der Waals surface area contributed by atoms with Crippen LogP contribution in [0.15, 0.2) is 28.2 Å². The Morgan fingerprint density at radius 2 is 2.23 bits per heavy atom. The molecule has 0 bridgehead atoms. The molecule has 0 saturated carbocycles. The minimum atomic E-state index is 0.117. The number of halogens is 1. The molecular formula is C11H13BrO. The Balaban J connectivity index is 2.98. The highest BCUT2D eigenvalue weighted by atomic mass is 79.9. The number of aryl methyl sites for hydroxylation is 1. The molecule has 1 aromatic rings. The van der Waals surface area contributed by atoms with E-state index in [1.54, 1.807) is 0 Å². The normalized spacial score (nSPS) is 11.8. The first-order valence-corrected chi connectivity index (χ1v) is 4.97. The van der Waals surface area contributed by atoms with E-state index in [2.05, 4.69) is 35.0 Å². The quantitative estimate of drug-likeness (QED) is 0.843. The lowest BCUT2D eigenvalue weighted by molar-refractivity contribution is 0.332. The van der Waals surface area contributed by atoms with E-state index in [1.807, 2.05) is 19.1 Å². The van der Waals surface area contributed by atoms with Crippen molar-refractivity contribution in [3.8, 4) is 0 Å². The van der Waals surface area contributed by atoms with Gasteiger partial charge in [-0.05, 0) is 36.6 Å². The summed E-state index contributed by atoms with van der Waals surface area (Å²) in [5, 5.41) is 8.84. The highest BCUT2D eigenvalue weighted by Crippen LogP contribution is 2.18. The number of hydrogen-bond donors (Lipinski definition) is 1. The Labute approximate surface area is 87.2 Å². The zero-order chi connectivity index (χ0) is 9.84. The lowest BCUT2D eigenvalue weighted by atomic mass is 10.1. The van der Waals surface area contributed by atoms with Crippen molar-refractivity contribution in [1.82, 2.24) is 0 Å². The molecule has 1 rings (SSSR count). The molecule has 0 unspecified atom stereocenters. The minimum Gasteiger partial charge on any atom is -0.392 e. The fraction of sp³-hybridized carbons (Fsp3) is 0.273. The zero-order valence-corrected chi connectivity index (χ0v) is 9.43. The van der Waals surface area contributed by atoms with Crippen LogP contribution in [0.4, 0.5) is 0 Å². The molecule has 70 valence electrons. The summed E-state index contributed by atoms with van der Waals surface area (Å²) in [7, 11) is 0. The summed E-state index contributed by atoms with van der Waals surface area (Å²) >= 11 is 3.47. The second kappa shape index (κ2) is 4.58. The third-order valence-corrected chi connectivity index (χ3v) is 2.71. The number of benzene rings is 1. The van der Waals surface area contributed by atoms with Gasteiger partial charge in [0.1, 0.15) is 0 Å². The molecule has 13 heavy (non-hydrogen) atoms. The van der Waals surface area contributed by atoms with Gasteiger partial charge in [0.25, 0.3) is 0 Å². The number of aliphatic hydroxyl groups excluding tert-OH is 1. The first kappa shape index (κ1) is 10.5. The molecule has 0 aliphatic rings. The molecule has 0 fully saturated rings. The van der Waals surface area contributed by atoms with Crippen molar-refractivity contribution >= 4 is 22.0 Å². The van der Waals surface area contributed by atoms with Crippen molar-refractivity contribution in [3.05, 3.63) is 39.4 Å². The Kier molecular flexibility index (Phi) is 3.70. The van der Waals surface area contributed by atoms with Crippen molar-refractivity contribution in [1.29, 1.82) is 0 Å². The van der Waals surface area contributed by atoms with E-state index in [1.165, 1.54) is 5.56 Å². The standard InChI is InChI=1S/C11H13BrO/c1-8(7-13)5-10-4-3-9(2)11(12)6-10/h3-6,13H,7H2,1-2H3/b8-5-. The maximum atomic E-state index is 8.84. The molecule has 1 aromatic carbocycles. The van der Waals surface area contributed by atoms with Gasteiger partial charge in [-0.2, -0.15) is 0 Å². The maximum absolute atomic E-state index is 8.84. The van der Waals surface area contributed by atoms with Crippen LogP contribution in [-0.2, 0) is 0 Å². The number of rotatable bonds is 2. The molecule has 0 aromatic heterocycles. The smallest absolute Gasteiger partial charge is 0.0642 e. The summed E-state index contributed by atoms with van der Waals surface area (Å²) in [5.41, 5.74) is 3.30. The largest absolute Gasteiger partial charge is 0.392 e. The van der Waals surface area contributed by atoms with Gasteiger partial charge in [-0.25, -0.2) is 0 Å². The van der Waals surface area contributed by atoms with Crippen LogP contribution >= 0.6 is 15.9 Å². The van der Waals surface area contributed by atoms with Gasteiger partial charge in [0, 0.05) is 4.47 Å². The Hall–Kier alpha value is -0.600. The zero-order valence-electron chi connectivity index (χ0n) is 7.84. The van der Waals surface area contributed by atoms with Gasteiger partial charge in [0.05, 0.1) is 6.61 Å². The topological polar surface area (TPSA) is 20.2 Å². The summed E-state index contributed by atoms with van der Waals surface area (Å²) in [4.78, 5) is 0. The van der Waals surface area contributed by atoms with Crippen LogP contribution in [0, 0.1) is 6.92 Å². The first-order valence-electron chi connectivity index (χ1n) is 4.17. The predicted molar refractivity (Wildman–Crippen MR) is 59.6 cm³/mol. The molecule has 2 heteroatoms. The maximum Gasteiger partial charge on any atom is 0.0642 e. The number of aliphatic hydroxyl groups is 1. The van der Waals surface area contributed by atoms with Crippen LogP contribution < -0.4 is 0 Å². The third-order valence-electron chi connectivity index (χ3n) is 1.86. The third kappa shape index (κ3) is 2.98. The van der Waals surface area contributed by atoms with Crippen molar-refractivity contribution in [2.24, 2.45) is 0 Å². The Morgan fingerprint density at radius 3 is 2.77 bits per heavy atom. The predicted octanol–water partition coefficient (Wildman–Crippen LogP) is 3.15. The lowest BCUT2D eigenvalue weighted by Crippen LogP contribution is -1.84. The molecule has 0 atom stereocenters. The van der Waals surface area contributed by atoms with Crippen LogP contribution in [0.3, 0.4) is 0 Å². The summed E-state index contributed by atoms with van der Waals surface area (Å²) < 4.78 is 1.10. The second-order valence-electron chi connectivity index (χ2n) is 3.16. The second-order valence-corrected chi connectivity index (χ2v) is 4.01. The van der Waals surface area contributed by atoms with Crippen molar-refractivity contribution < 1.29 is 5.11 Å². The van der Waals surface area contributed by atoms with Crippen molar-refractivity contribution in [2.75, 3.05) is 6.61 Å². The van der Waals surface area contributed by atoms with Crippen LogP contribution in [-0.4, -0.2) is 11.7 Å². The molecule has 0 spiro atoms. The fourth-order valence-electron chi connectivity index (χ4n) is 1.03. The average Bonchev–Trinajstić information content (AvgIpc) is 2.11. The molecule has 0 amide bonds. The van der Waals surface area contributed by atoms with Crippen LogP contribution in [0.2, 0.25) is 0 Å². The SMILES string of the molecule is C/C(=C/c1ccc(C)c(Br)c1)CO. The monoisotopic (exact) mass is 240 g/mol. The summed E-state index contributed by atoms with van der Waals surface area (Å²) in [6.45, 7) is 4.08. The molecule has 1 N–H and O–H groups in total. The van der Waals surface area contributed by atoms with E-state index >= 15 is 0 Å². The van der Waals surface area contributed by atoms with Gasteiger partial charge in [-0.1, -0.05) is 34.1 Å². The molecule has 0 radical (unpaired) electrons. The van der Waals surface area contributed by atoms with E-state index in [0.29, 0.717) is 0 Å². The van der Waals surface area contributed by atoms with Crippen molar-refractivity contribution in [2.45, 2.75) is 13.8 Å². The van der Waals surface area contributed by atoms with E-state index in [0.717, 1.165) is 15.6 Å². The highest BCUT2D eigenvalue weighted by molar-refractivity contribution is 9.10. The highest BCUT2D eigenvalue weighted by Gasteiger charge is 1.95. The van der Waals surface area contributed by atoms with E-state index in [4.69, 9.17) is 5.11 Å². The van der Waals surface area contributed by atoms with Crippen molar-refractivity contribution in [3.63, 3.8) is 0 Å². The molecule has 0 aliphatic heterocycles. The summed E-state index contributed by atoms with van der Waals surface area (Å²) in [5.74, 6) is 0. The average molecular weight is 241 g/mol. The molecule has 1 nitrogen and oxygen atoms in total. The van der Waals surface area contributed by atoms with E-state index in [9.17, 15) is 0 Å². The Bertz CT molecular complexity index is 329. The fourth-order valence-corrected chi connectivity index (χ4v) is 1.43. The van der Waals surface area contributed by atoms with Gasteiger partial charge >= 0.3 is 0 Å². The molecule has 0 saturated heterocycles. The molecular weight excluding hydrogens is 228 g/mol. The lowest BCUT2D eigenvalue weighted by Gasteiger charge is -2.00. The van der Waals surface area contributed by atoms with Crippen LogP contribution in [0.1, 0.15) is 18.1 Å². The Morgan fingerprint density at radius 1 is 1.54 bits per heavy atom. The van der Waals surface area contributed by atoms with Crippen LogP contribution in [0.25, 0.3) is 6.08 Å². The first-order chi connectivity index (χ1) is 6.13. The minimum absolute atomic E-state index is 0.117. The number of hydrogen-bond acceptors (Lipinski definition) is 1. The van der Waals surface area contributed by atoms with Gasteiger partial charge < -0.3 is 5.11 Å². The van der Waals surface area contributed by atoms with Gasteiger partial charge in [0.2, 0.25) is 0 Å². The van der Waals surface area contributed by atoms with Crippen LogP contribution in [0.5, 0.6) is 0 Å². The van der Waals surface area contributed by atoms with E-state index < -0.39 is 0 Å².